The molecule has 0 aliphatic rings. The lowest BCUT2D eigenvalue weighted by Crippen LogP contribution is -2.15. The van der Waals surface area contributed by atoms with Gasteiger partial charge in [-0.2, -0.15) is 0 Å². The van der Waals surface area contributed by atoms with E-state index in [1.165, 1.54) is 0 Å². The van der Waals surface area contributed by atoms with Crippen LogP contribution in [0.1, 0.15) is 26.4 Å². The third kappa shape index (κ3) is 2.98. The Hall–Kier alpha value is -2.59. The van der Waals surface area contributed by atoms with Gasteiger partial charge in [-0.1, -0.05) is 41.9 Å². The van der Waals surface area contributed by atoms with E-state index >= 15 is 0 Å². The van der Waals surface area contributed by atoms with Gasteiger partial charge in [0.15, 0.2) is 6.61 Å². The highest BCUT2D eigenvalue weighted by Crippen LogP contribution is 2.22. The number of aryl methyl sites for hydroxylation is 1. The molecule has 0 amide bonds. The van der Waals surface area contributed by atoms with Gasteiger partial charge < -0.3 is 9.72 Å². The lowest BCUT2D eigenvalue weighted by Gasteiger charge is -2.06. The van der Waals surface area contributed by atoms with E-state index in [9.17, 15) is 9.59 Å². The Morgan fingerprint density at radius 3 is 2.57 bits per heavy atom. The lowest BCUT2D eigenvalue weighted by molar-refractivity contribution is 0.0475. The molecule has 4 nitrogen and oxygen atoms in total. The monoisotopic (exact) mass is 327 g/mol. The number of rotatable bonds is 4. The summed E-state index contributed by atoms with van der Waals surface area (Å²) in [6, 6.07) is 14.1. The van der Waals surface area contributed by atoms with Crippen molar-refractivity contribution in [2.24, 2.45) is 0 Å². The van der Waals surface area contributed by atoms with Crippen molar-refractivity contribution >= 4 is 34.3 Å². The molecule has 1 aromatic heterocycles. The third-order valence-electron chi connectivity index (χ3n) is 3.60. The second-order valence-corrected chi connectivity index (χ2v) is 5.56. The summed E-state index contributed by atoms with van der Waals surface area (Å²) in [6.45, 7) is 1.50. The van der Waals surface area contributed by atoms with Gasteiger partial charge in [-0.05, 0) is 25.1 Å². The molecule has 0 fully saturated rings. The van der Waals surface area contributed by atoms with Crippen LogP contribution < -0.4 is 0 Å². The van der Waals surface area contributed by atoms with Crippen molar-refractivity contribution < 1.29 is 14.3 Å². The van der Waals surface area contributed by atoms with Crippen LogP contribution in [0.3, 0.4) is 0 Å². The number of carbonyl (C=O) groups is 2. The first-order chi connectivity index (χ1) is 11.1. The number of para-hydroxylation sites is 1. The standard InChI is InChI=1S/C18H14ClNO3/c1-11-17(13-7-3-5-9-15(13)20-11)16(21)10-23-18(22)12-6-2-4-8-14(12)19/h2-9,20H,10H2,1H3. The number of hydrogen-bond donors (Lipinski definition) is 1. The fraction of sp³-hybridized carbons (Fsp3) is 0.111. The molecule has 0 bridgehead atoms. The first-order valence-corrected chi connectivity index (χ1v) is 7.48. The van der Waals surface area contributed by atoms with E-state index in [2.05, 4.69) is 4.98 Å². The molecule has 2 aromatic carbocycles. The van der Waals surface area contributed by atoms with E-state index < -0.39 is 5.97 Å². The second-order valence-electron chi connectivity index (χ2n) is 5.15. The van der Waals surface area contributed by atoms with Crippen LogP contribution in [0.15, 0.2) is 48.5 Å². The number of Topliss-reactive ketones (excluding diaryl/α,β-unsaturated/α-hetero) is 1. The number of aromatic nitrogens is 1. The van der Waals surface area contributed by atoms with Crippen LogP contribution in [-0.2, 0) is 4.74 Å². The first kappa shape index (κ1) is 15.3. The molecular weight excluding hydrogens is 314 g/mol. The predicted octanol–water partition coefficient (Wildman–Crippen LogP) is 4.17. The Bertz CT molecular complexity index is 898. The van der Waals surface area contributed by atoms with Crippen LogP contribution in [-0.4, -0.2) is 23.3 Å². The van der Waals surface area contributed by atoms with Gasteiger partial charge in [0.05, 0.1) is 10.6 Å². The highest BCUT2D eigenvalue weighted by Gasteiger charge is 2.18. The van der Waals surface area contributed by atoms with E-state index in [1.54, 1.807) is 24.3 Å². The van der Waals surface area contributed by atoms with E-state index in [4.69, 9.17) is 16.3 Å². The summed E-state index contributed by atoms with van der Waals surface area (Å²) < 4.78 is 5.11. The largest absolute Gasteiger partial charge is 0.454 e. The third-order valence-corrected chi connectivity index (χ3v) is 3.93. The summed E-state index contributed by atoms with van der Waals surface area (Å²) in [4.78, 5) is 27.6. The molecule has 0 aliphatic heterocycles. The molecule has 0 saturated heterocycles. The number of hydrogen-bond acceptors (Lipinski definition) is 3. The number of ketones is 1. The molecule has 5 heteroatoms. The van der Waals surface area contributed by atoms with Gasteiger partial charge in [0.1, 0.15) is 0 Å². The number of esters is 1. The molecule has 0 unspecified atom stereocenters. The van der Waals surface area contributed by atoms with Crippen LogP contribution in [0.25, 0.3) is 10.9 Å². The molecule has 23 heavy (non-hydrogen) atoms. The molecule has 1 N–H and O–H groups in total. The smallest absolute Gasteiger partial charge is 0.340 e. The van der Waals surface area contributed by atoms with Crippen molar-refractivity contribution in [3.05, 3.63) is 70.4 Å². The summed E-state index contributed by atoms with van der Waals surface area (Å²) in [7, 11) is 0. The maximum absolute atomic E-state index is 12.4. The molecule has 3 aromatic rings. The molecule has 0 aliphatic carbocycles. The van der Waals surface area contributed by atoms with Crippen LogP contribution in [0.2, 0.25) is 5.02 Å². The molecule has 0 radical (unpaired) electrons. The Kier molecular flexibility index (Phi) is 4.17. The zero-order valence-electron chi connectivity index (χ0n) is 12.4. The van der Waals surface area contributed by atoms with E-state index in [-0.39, 0.29) is 18.0 Å². The van der Waals surface area contributed by atoms with Crippen LogP contribution in [0, 0.1) is 6.92 Å². The average molecular weight is 328 g/mol. The first-order valence-electron chi connectivity index (χ1n) is 7.10. The van der Waals surface area contributed by atoms with Crippen molar-refractivity contribution in [3.8, 4) is 0 Å². The quantitative estimate of drug-likeness (QED) is 0.578. The maximum Gasteiger partial charge on any atom is 0.340 e. The van der Waals surface area contributed by atoms with Crippen molar-refractivity contribution in [2.75, 3.05) is 6.61 Å². The molecule has 0 saturated carbocycles. The molecule has 3 rings (SSSR count). The number of ether oxygens (including phenoxy) is 1. The SMILES string of the molecule is Cc1[nH]c2ccccc2c1C(=O)COC(=O)c1ccccc1Cl. The van der Waals surface area contributed by atoms with Crippen LogP contribution >= 0.6 is 11.6 Å². The lowest BCUT2D eigenvalue weighted by atomic mass is 10.1. The number of carbonyl (C=O) groups excluding carboxylic acids is 2. The van der Waals surface area contributed by atoms with Gasteiger partial charge in [0.25, 0.3) is 0 Å². The summed E-state index contributed by atoms with van der Waals surface area (Å²) in [5, 5.41) is 1.12. The Morgan fingerprint density at radius 2 is 1.78 bits per heavy atom. The Balaban J connectivity index is 1.78. The van der Waals surface area contributed by atoms with Gasteiger partial charge in [-0.15, -0.1) is 0 Å². The molecule has 0 atom stereocenters. The highest BCUT2D eigenvalue weighted by atomic mass is 35.5. The number of fused-ring (bicyclic) bond motifs is 1. The zero-order valence-corrected chi connectivity index (χ0v) is 13.2. The summed E-state index contributed by atoms with van der Waals surface area (Å²) in [6.07, 6.45) is 0. The minimum Gasteiger partial charge on any atom is -0.454 e. The van der Waals surface area contributed by atoms with Crippen molar-refractivity contribution in [1.29, 1.82) is 0 Å². The zero-order chi connectivity index (χ0) is 16.4. The van der Waals surface area contributed by atoms with Crippen LogP contribution in [0.4, 0.5) is 0 Å². The fourth-order valence-electron chi connectivity index (χ4n) is 2.54. The van der Waals surface area contributed by atoms with E-state index in [0.717, 1.165) is 16.6 Å². The van der Waals surface area contributed by atoms with Gasteiger partial charge in [-0.3, -0.25) is 4.79 Å². The number of nitrogens with one attached hydrogen (secondary N) is 1. The van der Waals surface area contributed by atoms with Gasteiger partial charge in [-0.25, -0.2) is 4.79 Å². The number of H-pyrrole nitrogens is 1. The average Bonchev–Trinajstić information content (AvgIpc) is 2.88. The number of benzene rings is 2. The number of aromatic amines is 1. The molecule has 1 heterocycles. The highest BCUT2D eigenvalue weighted by molar-refractivity contribution is 6.33. The Labute approximate surface area is 138 Å². The predicted molar refractivity (Wildman–Crippen MR) is 89.1 cm³/mol. The summed E-state index contributed by atoms with van der Waals surface area (Å²) >= 11 is 5.95. The van der Waals surface area contributed by atoms with Crippen LogP contribution in [0.5, 0.6) is 0 Å². The Morgan fingerprint density at radius 1 is 1.09 bits per heavy atom. The second kappa shape index (κ2) is 6.26. The van der Waals surface area contributed by atoms with Gasteiger partial charge in [0, 0.05) is 22.2 Å². The maximum atomic E-state index is 12.4. The summed E-state index contributed by atoms with van der Waals surface area (Å²) in [5.41, 5.74) is 2.43. The van der Waals surface area contributed by atoms with Crippen molar-refractivity contribution in [2.45, 2.75) is 6.92 Å². The van der Waals surface area contributed by atoms with Crippen molar-refractivity contribution in [1.82, 2.24) is 4.98 Å². The van der Waals surface area contributed by atoms with E-state index in [0.29, 0.717) is 10.6 Å². The topological polar surface area (TPSA) is 59.2 Å². The van der Waals surface area contributed by atoms with Gasteiger partial charge in [0.2, 0.25) is 5.78 Å². The fourth-order valence-corrected chi connectivity index (χ4v) is 2.76. The normalized spacial score (nSPS) is 10.7. The molecular formula is C18H14ClNO3. The summed E-state index contributed by atoms with van der Waals surface area (Å²) in [5.74, 6) is -0.859. The van der Waals surface area contributed by atoms with E-state index in [1.807, 2.05) is 31.2 Å². The minimum absolute atomic E-state index is 0.248. The van der Waals surface area contributed by atoms with Gasteiger partial charge >= 0.3 is 5.97 Å². The van der Waals surface area contributed by atoms with Crippen molar-refractivity contribution in [3.63, 3.8) is 0 Å². The minimum atomic E-state index is -0.610. The molecule has 0 spiro atoms. The number of halogens is 1. The molecule has 116 valence electrons.